The molecule has 41 heavy (non-hydrogen) atoms. The predicted octanol–water partition coefficient (Wildman–Crippen LogP) is 4.54. The van der Waals surface area contributed by atoms with Crippen LogP contribution < -0.4 is 15.8 Å². The Hall–Kier alpha value is -4.95. The number of hydrogen-bond acceptors (Lipinski definition) is 11. The van der Waals surface area contributed by atoms with E-state index in [4.69, 9.17) is 10.3 Å². The topological polar surface area (TPSA) is 170 Å². The van der Waals surface area contributed by atoms with Gasteiger partial charge in [0.1, 0.15) is 10.6 Å². The molecule has 4 aromatic rings. The molecule has 3 heterocycles. The van der Waals surface area contributed by atoms with Crippen molar-refractivity contribution in [3.8, 4) is 11.3 Å². The number of azide groups is 1. The van der Waals surface area contributed by atoms with Crippen LogP contribution in [0.4, 0.5) is 10.3 Å². The molecule has 5 rings (SSSR count). The van der Waals surface area contributed by atoms with Gasteiger partial charge in [0.05, 0.1) is 25.1 Å². The minimum atomic E-state index is -0.444. The third kappa shape index (κ3) is 6.80. The number of hydrazone groups is 2. The first-order chi connectivity index (χ1) is 20.1. The van der Waals surface area contributed by atoms with E-state index in [1.165, 1.54) is 22.5 Å². The minimum Gasteiger partial charge on any atom is -0.379 e. The molecule has 2 N–H and O–H groups in total. The molecule has 2 aromatic carbocycles. The highest BCUT2D eigenvalue weighted by molar-refractivity contribution is 7.17. The summed E-state index contributed by atoms with van der Waals surface area (Å²) < 4.78 is 5.27. The lowest BCUT2D eigenvalue weighted by atomic mass is 10.1. The third-order valence-corrected chi connectivity index (χ3v) is 7.25. The average Bonchev–Trinajstić information content (AvgIpc) is 3.76. The van der Waals surface area contributed by atoms with E-state index in [1.807, 2.05) is 66.0 Å². The maximum absolute atomic E-state index is 13.5. The lowest BCUT2D eigenvalue weighted by Crippen LogP contribution is -2.28. The van der Waals surface area contributed by atoms with E-state index in [9.17, 15) is 9.59 Å². The Bertz CT molecular complexity index is 1630. The molecule has 0 unspecified atom stereocenters. The number of nitrogens with zero attached hydrogens (tertiary/aromatic N) is 8. The molecule has 0 radical (unpaired) electrons. The molecule has 0 fully saturated rings. The van der Waals surface area contributed by atoms with Crippen LogP contribution in [0.3, 0.4) is 0 Å². The Balaban J connectivity index is 1.28. The highest BCUT2D eigenvalue weighted by Gasteiger charge is 2.36. The summed E-state index contributed by atoms with van der Waals surface area (Å²) in [5.41, 5.74) is 13.9. The highest BCUT2D eigenvalue weighted by atomic mass is 32.1. The Labute approximate surface area is 241 Å². The van der Waals surface area contributed by atoms with E-state index in [0.29, 0.717) is 26.4 Å². The predicted molar refractivity (Wildman–Crippen MR) is 158 cm³/mol. The van der Waals surface area contributed by atoms with Crippen molar-refractivity contribution in [3.05, 3.63) is 93.1 Å². The highest BCUT2D eigenvalue weighted by Crippen LogP contribution is 2.30. The Morgan fingerprint density at radius 3 is 2.59 bits per heavy atom. The van der Waals surface area contributed by atoms with Gasteiger partial charge in [-0.2, -0.15) is 15.2 Å². The summed E-state index contributed by atoms with van der Waals surface area (Å²) in [5.74, 6) is -0.769. The lowest BCUT2D eigenvalue weighted by molar-refractivity contribution is -0.112. The largest absolute Gasteiger partial charge is 0.379 e. The maximum Gasteiger partial charge on any atom is 0.303 e. The molecule has 0 spiro atoms. The Morgan fingerprint density at radius 1 is 1.07 bits per heavy atom. The van der Waals surface area contributed by atoms with Gasteiger partial charge in [0.15, 0.2) is 5.71 Å². The van der Waals surface area contributed by atoms with Crippen molar-refractivity contribution in [3.63, 3.8) is 0 Å². The van der Waals surface area contributed by atoms with Crippen LogP contribution in [0.2, 0.25) is 0 Å². The summed E-state index contributed by atoms with van der Waals surface area (Å²) in [4.78, 5) is 37.7. The monoisotopic (exact) mass is 586 g/mol. The first-order valence-electron chi connectivity index (χ1n) is 12.3. The Morgan fingerprint density at radius 2 is 1.83 bits per heavy atom. The average molecular weight is 587 g/mol. The number of hydrogen-bond donors (Lipinski definition) is 2. The van der Waals surface area contributed by atoms with Crippen molar-refractivity contribution in [2.45, 2.75) is 0 Å². The van der Waals surface area contributed by atoms with Crippen LogP contribution in [0.25, 0.3) is 21.7 Å². The fourth-order valence-electron chi connectivity index (χ4n) is 3.63. The summed E-state index contributed by atoms with van der Waals surface area (Å²) in [6.45, 7) is 1.06. The summed E-state index contributed by atoms with van der Waals surface area (Å²) in [6, 6.07) is 18.9. The summed E-state index contributed by atoms with van der Waals surface area (Å²) in [6.07, 6.45) is 1.42. The van der Waals surface area contributed by atoms with Crippen molar-refractivity contribution in [1.29, 1.82) is 0 Å². The van der Waals surface area contributed by atoms with E-state index in [-0.39, 0.29) is 37.9 Å². The number of amides is 2. The molecule has 15 heteroatoms. The number of rotatable bonds is 12. The number of anilines is 2. The second kappa shape index (κ2) is 13.4. The quantitative estimate of drug-likeness (QED) is 0.0811. The standard InChI is InChI=1S/C26H22N10O3S2/c27-35-30-12-14-39-13-11-28-23(37)20-15-29-25(41-20)33-32-22-21(18-9-5-2-6-10-18)34-36(24(22)38)26-31-19(16-40-26)17-7-3-1-4-8-17/h1-10,15-16H,11-14H2,(H,28,37)(H,29,33)/b32-22+. The molecule has 1 aliphatic heterocycles. The normalized spacial score (nSPS) is 13.7. The van der Waals surface area contributed by atoms with Gasteiger partial charge < -0.3 is 10.1 Å². The van der Waals surface area contributed by atoms with Crippen LogP contribution in [0, 0.1) is 0 Å². The van der Waals surface area contributed by atoms with Crippen LogP contribution >= 0.6 is 22.7 Å². The van der Waals surface area contributed by atoms with Crippen LogP contribution in [0.15, 0.2) is 87.6 Å². The van der Waals surface area contributed by atoms with Gasteiger partial charge in [-0.05, 0) is 5.53 Å². The zero-order valence-corrected chi connectivity index (χ0v) is 23.0. The molecule has 13 nitrogen and oxygen atoms in total. The van der Waals surface area contributed by atoms with Crippen molar-refractivity contribution in [1.82, 2.24) is 15.3 Å². The molecule has 0 aliphatic carbocycles. The lowest BCUT2D eigenvalue weighted by Gasteiger charge is -2.06. The number of benzene rings is 2. The molecular formula is C26H22N10O3S2. The van der Waals surface area contributed by atoms with Crippen molar-refractivity contribution >= 4 is 56.2 Å². The molecule has 2 aromatic heterocycles. The summed E-state index contributed by atoms with van der Waals surface area (Å²) in [7, 11) is 0. The van der Waals surface area contributed by atoms with Gasteiger partial charge in [-0.15, -0.1) is 11.3 Å². The molecular weight excluding hydrogens is 564 g/mol. The number of thiazole rings is 2. The number of aromatic nitrogens is 2. The zero-order chi connectivity index (χ0) is 28.4. The van der Waals surface area contributed by atoms with Gasteiger partial charge in [0.2, 0.25) is 10.3 Å². The fourth-order valence-corrected chi connectivity index (χ4v) is 5.08. The molecule has 206 valence electrons. The maximum atomic E-state index is 13.5. The molecule has 0 saturated heterocycles. The smallest absolute Gasteiger partial charge is 0.303 e. The van der Waals surface area contributed by atoms with Gasteiger partial charge in [-0.25, -0.2) is 9.97 Å². The van der Waals surface area contributed by atoms with E-state index >= 15 is 0 Å². The van der Waals surface area contributed by atoms with Gasteiger partial charge in [0, 0.05) is 34.5 Å². The van der Waals surface area contributed by atoms with Crippen LogP contribution in [-0.2, 0) is 9.53 Å². The summed E-state index contributed by atoms with van der Waals surface area (Å²) >= 11 is 2.39. The molecule has 0 bridgehead atoms. The van der Waals surface area contributed by atoms with Crippen molar-refractivity contribution < 1.29 is 14.3 Å². The van der Waals surface area contributed by atoms with Crippen LogP contribution in [0.5, 0.6) is 0 Å². The van der Waals surface area contributed by atoms with Crippen molar-refractivity contribution in [2.75, 3.05) is 36.7 Å². The van der Waals surface area contributed by atoms with E-state index in [1.54, 1.807) is 0 Å². The van der Waals surface area contributed by atoms with Crippen molar-refractivity contribution in [2.24, 2.45) is 15.3 Å². The number of nitrogens with one attached hydrogen (secondary N) is 2. The van der Waals surface area contributed by atoms with Crippen LogP contribution in [-0.4, -0.2) is 59.5 Å². The van der Waals surface area contributed by atoms with Gasteiger partial charge in [-0.3, -0.25) is 15.0 Å². The third-order valence-electron chi connectivity index (χ3n) is 5.53. The second-order valence-corrected chi connectivity index (χ2v) is 10.1. The molecule has 0 saturated carbocycles. The van der Waals surface area contributed by atoms with Crippen LogP contribution in [0.1, 0.15) is 15.2 Å². The molecule has 0 atom stereocenters. The first-order valence-corrected chi connectivity index (χ1v) is 14.0. The van der Waals surface area contributed by atoms with E-state index in [2.05, 4.69) is 40.9 Å². The number of carbonyl (C=O) groups is 2. The SMILES string of the molecule is [N-]=[N+]=NCCOCCNC(=O)c1cnc(N/N=C2/C(=O)N(c3nc(-c4ccccc4)cs3)N=C2c2ccccc2)s1. The van der Waals surface area contributed by atoms with Gasteiger partial charge in [-0.1, -0.05) is 77.1 Å². The van der Waals surface area contributed by atoms with Gasteiger partial charge >= 0.3 is 5.91 Å². The molecule has 2 amide bonds. The second-order valence-electron chi connectivity index (χ2n) is 8.24. The zero-order valence-electron chi connectivity index (χ0n) is 21.4. The number of ether oxygens (including phenoxy) is 1. The fraction of sp³-hybridized carbons (Fsp3) is 0.154. The first kappa shape index (κ1) is 27.6. The van der Waals surface area contributed by atoms with Gasteiger partial charge in [0.25, 0.3) is 5.91 Å². The number of carbonyl (C=O) groups excluding carboxylic acids is 2. The van der Waals surface area contributed by atoms with E-state index in [0.717, 1.165) is 22.6 Å². The summed E-state index contributed by atoms with van der Waals surface area (Å²) in [5, 5.41) is 18.9. The Kier molecular flexibility index (Phi) is 9.03. The van der Waals surface area contributed by atoms with E-state index < -0.39 is 5.91 Å². The minimum absolute atomic E-state index is 0.0896. The molecule has 1 aliphatic rings.